The monoisotopic (exact) mass is 267 g/mol. The molecule has 0 saturated heterocycles. The SMILES string of the molecule is CNCCC(c1cc(F)ccc1F)n1nnc(C)n1. The maximum Gasteiger partial charge on any atom is 0.171 e. The number of benzene rings is 1. The Morgan fingerprint density at radius 2 is 2.16 bits per heavy atom. The molecule has 1 aromatic heterocycles. The second-order valence-corrected chi connectivity index (χ2v) is 4.23. The van der Waals surface area contributed by atoms with E-state index in [1.54, 1.807) is 14.0 Å². The maximum absolute atomic E-state index is 13.9. The minimum absolute atomic E-state index is 0.229. The predicted molar refractivity (Wildman–Crippen MR) is 65.6 cm³/mol. The van der Waals surface area contributed by atoms with Crippen LogP contribution < -0.4 is 5.32 Å². The van der Waals surface area contributed by atoms with Crippen molar-refractivity contribution in [1.29, 1.82) is 0 Å². The van der Waals surface area contributed by atoms with Gasteiger partial charge in [-0.15, -0.1) is 10.2 Å². The summed E-state index contributed by atoms with van der Waals surface area (Å²) in [5.74, 6) is -0.466. The maximum atomic E-state index is 13.9. The van der Waals surface area contributed by atoms with Crippen LogP contribution in [0.2, 0.25) is 0 Å². The van der Waals surface area contributed by atoms with E-state index in [0.29, 0.717) is 18.8 Å². The molecule has 0 radical (unpaired) electrons. The van der Waals surface area contributed by atoms with E-state index in [-0.39, 0.29) is 5.56 Å². The van der Waals surface area contributed by atoms with Crippen molar-refractivity contribution in [3.63, 3.8) is 0 Å². The summed E-state index contributed by atoms with van der Waals surface area (Å²) in [5, 5.41) is 14.7. The number of hydrogen-bond acceptors (Lipinski definition) is 4. The molecule has 1 atom stereocenters. The van der Waals surface area contributed by atoms with Gasteiger partial charge in [0.1, 0.15) is 17.7 Å². The van der Waals surface area contributed by atoms with E-state index >= 15 is 0 Å². The quantitative estimate of drug-likeness (QED) is 0.891. The Morgan fingerprint density at radius 1 is 1.37 bits per heavy atom. The number of aryl methyl sites for hydroxylation is 1. The lowest BCUT2D eigenvalue weighted by molar-refractivity contribution is 0.404. The van der Waals surface area contributed by atoms with Crippen LogP contribution in [-0.4, -0.2) is 33.8 Å². The normalized spacial score (nSPS) is 12.6. The molecule has 7 heteroatoms. The summed E-state index contributed by atoms with van der Waals surface area (Å²) < 4.78 is 27.2. The molecule has 2 rings (SSSR count). The minimum atomic E-state index is -0.484. The highest BCUT2D eigenvalue weighted by Gasteiger charge is 2.20. The zero-order chi connectivity index (χ0) is 13.8. The third kappa shape index (κ3) is 3.11. The first-order valence-electron chi connectivity index (χ1n) is 5.97. The van der Waals surface area contributed by atoms with Crippen LogP contribution in [0.5, 0.6) is 0 Å². The van der Waals surface area contributed by atoms with Crippen LogP contribution in [0.25, 0.3) is 0 Å². The third-order valence-corrected chi connectivity index (χ3v) is 2.79. The molecule has 0 saturated carbocycles. The zero-order valence-electron chi connectivity index (χ0n) is 10.8. The van der Waals surface area contributed by atoms with E-state index in [0.717, 1.165) is 12.1 Å². The van der Waals surface area contributed by atoms with Crippen molar-refractivity contribution >= 4 is 0 Å². The van der Waals surface area contributed by atoms with E-state index in [4.69, 9.17) is 0 Å². The van der Waals surface area contributed by atoms with E-state index in [2.05, 4.69) is 20.7 Å². The lowest BCUT2D eigenvalue weighted by atomic mass is 10.0. The zero-order valence-corrected chi connectivity index (χ0v) is 10.8. The van der Waals surface area contributed by atoms with Gasteiger partial charge in [0.25, 0.3) is 0 Å². The number of aromatic nitrogens is 4. The van der Waals surface area contributed by atoms with Crippen molar-refractivity contribution in [2.75, 3.05) is 13.6 Å². The van der Waals surface area contributed by atoms with Crippen molar-refractivity contribution in [1.82, 2.24) is 25.5 Å². The van der Waals surface area contributed by atoms with Gasteiger partial charge in [-0.05, 0) is 50.3 Å². The molecule has 0 fully saturated rings. The fraction of sp³-hybridized carbons (Fsp3) is 0.417. The third-order valence-electron chi connectivity index (χ3n) is 2.79. The average Bonchev–Trinajstić information content (AvgIpc) is 2.80. The molecule has 0 bridgehead atoms. The van der Waals surface area contributed by atoms with Gasteiger partial charge in [-0.1, -0.05) is 0 Å². The fourth-order valence-corrected chi connectivity index (χ4v) is 1.88. The van der Waals surface area contributed by atoms with Crippen LogP contribution in [-0.2, 0) is 0 Å². The van der Waals surface area contributed by atoms with Gasteiger partial charge < -0.3 is 5.32 Å². The van der Waals surface area contributed by atoms with Crippen molar-refractivity contribution in [3.8, 4) is 0 Å². The molecule has 1 unspecified atom stereocenters. The number of halogens is 2. The van der Waals surface area contributed by atoms with Gasteiger partial charge in [0.05, 0.1) is 0 Å². The fourth-order valence-electron chi connectivity index (χ4n) is 1.88. The van der Waals surface area contributed by atoms with Gasteiger partial charge in [-0.3, -0.25) is 0 Å². The molecule has 1 aromatic carbocycles. The van der Waals surface area contributed by atoms with Gasteiger partial charge in [-0.25, -0.2) is 8.78 Å². The predicted octanol–water partition coefficient (Wildman–Crippen LogP) is 1.46. The highest BCUT2D eigenvalue weighted by molar-refractivity contribution is 5.22. The summed E-state index contributed by atoms with van der Waals surface area (Å²) in [6, 6.07) is 2.90. The number of nitrogens with one attached hydrogen (secondary N) is 1. The first-order chi connectivity index (χ1) is 9.11. The van der Waals surface area contributed by atoms with Crippen LogP contribution in [0.3, 0.4) is 0 Å². The Bertz CT molecular complexity index is 555. The van der Waals surface area contributed by atoms with E-state index in [9.17, 15) is 8.78 Å². The lowest BCUT2D eigenvalue weighted by Crippen LogP contribution is -2.21. The molecule has 102 valence electrons. The molecule has 2 aromatic rings. The summed E-state index contributed by atoms with van der Waals surface area (Å²) in [5.41, 5.74) is 0.229. The Labute approximate surface area is 109 Å². The Hall–Kier alpha value is -1.89. The molecule has 0 aliphatic heterocycles. The van der Waals surface area contributed by atoms with Gasteiger partial charge >= 0.3 is 0 Å². The molecule has 1 heterocycles. The smallest absolute Gasteiger partial charge is 0.171 e. The first-order valence-corrected chi connectivity index (χ1v) is 5.97. The molecule has 0 aliphatic rings. The van der Waals surface area contributed by atoms with Gasteiger partial charge in [0.15, 0.2) is 5.82 Å². The van der Waals surface area contributed by atoms with Crippen LogP contribution >= 0.6 is 0 Å². The highest BCUT2D eigenvalue weighted by atomic mass is 19.1. The average molecular weight is 267 g/mol. The number of tetrazole rings is 1. The second kappa shape index (κ2) is 5.83. The van der Waals surface area contributed by atoms with Gasteiger partial charge in [-0.2, -0.15) is 4.80 Å². The summed E-state index contributed by atoms with van der Waals surface area (Å²) in [4.78, 5) is 1.32. The molecule has 19 heavy (non-hydrogen) atoms. The van der Waals surface area contributed by atoms with Gasteiger partial charge in [0.2, 0.25) is 0 Å². The van der Waals surface area contributed by atoms with Crippen LogP contribution in [0.4, 0.5) is 8.78 Å². The first kappa shape index (κ1) is 13.5. The molecule has 0 spiro atoms. The van der Waals surface area contributed by atoms with Crippen LogP contribution in [0.15, 0.2) is 18.2 Å². The largest absolute Gasteiger partial charge is 0.320 e. The van der Waals surface area contributed by atoms with E-state index in [1.807, 2.05) is 0 Å². The molecular formula is C12H15F2N5. The summed E-state index contributed by atoms with van der Waals surface area (Å²) in [6.07, 6.45) is 0.534. The molecule has 0 amide bonds. The van der Waals surface area contributed by atoms with E-state index in [1.165, 1.54) is 10.9 Å². The van der Waals surface area contributed by atoms with Crippen LogP contribution in [0.1, 0.15) is 23.9 Å². The van der Waals surface area contributed by atoms with Crippen LogP contribution in [0, 0.1) is 18.6 Å². The van der Waals surface area contributed by atoms with Crippen molar-refractivity contribution in [3.05, 3.63) is 41.2 Å². The second-order valence-electron chi connectivity index (χ2n) is 4.23. The topological polar surface area (TPSA) is 55.6 Å². The molecule has 5 nitrogen and oxygen atoms in total. The number of nitrogens with zero attached hydrogens (tertiary/aromatic N) is 4. The number of rotatable bonds is 5. The number of hydrogen-bond donors (Lipinski definition) is 1. The summed E-state index contributed by atoms with van der Waals surface area (Å²) >= 11 is 0. The molecular weight excluding hydrogens is 252 g/mol. The summed E-state index contributed by atoms with van der Waals surface area (Å²) in [7, 11) is 1.79. The van der Waals surface area contributed by atoms with Crippen molar-refractivity contribution in [2.24, 2.45) is 0 Å². The van der Waals surface area contributed by atoms with Crippen molar-refractivity contribution < 1.29 is 8.78 Å². The Morgan fingerprint density at radius 3 is 2.79 bits per heavy atom. The molecule has 1 N–H and O–H groups in total. The Balaban J connectivity index is 2.39. The lowest BCUT2D eigenvalue weighted by Gasteiger charge is -2.16. The summed E-state index contributed by atoms with van der Waals surface area (Å²) in [6.45, 7) is 2.32. The standard InChI is InChI=1S/C12H15F2N5/c1-8-16-18-19(17-8)12(5-6-15-2)10-7-9(13)3-4-11(10)14/h3-4,7,12,15H,5-6H2,1-2H3. The van der Waals surface area contributed by atoms with Gasteiger partial charge in [0, 0.05) is 5.56 Å². The van der Waals surface area contributed by atoms with Crippen molar-refractivity contribution in [2.45, 2.75) is 19.4 Å². The Kier molecular flexibility index (Phi) is 4.16. The van der Waals surface area contributed by atoms with E-state index < -0.39 is 17.7 Å². The highest BCUT2D eigenvalue weighted by Crippen LogP contribution is 2.23. The minimum Gasteiger partial charge on any atom is -0.320 e. The molecule has 0 aliphatic carbocycles.